The van der Waals surface area contributed by atoms with Crippen molar-refractivity contribution >= 4 is 0 Å². The molecule has 0 fully saturated rings. The SMILES string of the molecule is Cc1nn(C)c(C)c1C(C)NCc1ccnn1C. The molecule has 2 aromatic heterocycles. The largest absolute Gasteiger partial charge is 0.304 e. The Bertz CT molecular complexity index is 538. The third kappa shape index (κ3) is 2.31. The summed E-state index contributed by atoms with van der Waals surface area (Å²) in [5.41, 5.74) is 4.79. The molecule has 98 valence electrons. The van der Waals surface area contributed by atoms with Crippen LogP contribution in [0.1, 0.15) is 35.6 Å². The first-order valence-corrected chi connectivity index (χ1v) is 6.21. The van der Waals surface area contributed by atoms with Crippen molar-refractivity contribution in [3.05, 3.63) is 34.9 Å². The number of aryl methyl sites for hydroxylation is 3. The summed E-state index contributed by atoms with van der Waals surface area (Å²) < 4.78 is 3.83. The molecule has 0 spiro atoms. The highest BCUT2D eigenvalue weighted by Gasteiger charge is 2.15. The Hall–Kier alpha value is -1.62. The molecule has 2 rings (SSSR count). The smallest absolute Gasteiger partial charge is 0.0644 e. The van der Waals surface area contributed by atoms with Gasteiger partial charge in [0.15, 0.2) is 0 Å². The molecule has 18 heavy (non-hydrogen) atoms. The molecule has 2 heterocycles. The third-order valence-corrected chi connectivity index (χ3v) is 3.51. The second-order valence-corrected chi connectivity index (χ2v) is 4.76. The predicted octanol–water partition coefficient (Wildman–Crippen LogP) is 1.62. The highest BCUT2D eigenvalue weighted by molar-refractivity contribution is 5.27. The number of hydrogen-bond acceptors (Lipinski definition) is 3. The van der Waals surface area contributed by atoms with Gasteiger partial charge in [0.1, 0.15) is 0 Å². The van der Waals surface area contributed by atoms with E-state index in [9.17, 15) is 0 Å². The molecule has 2 aromatic rings. The number of rotatable bonds is 4. The van der Waals surface area contributed by atoms with E-state index in [0.717, 1.165) is 12.2 Å². The van der Waals surface area contributed by atoms with E-state index in [4.69, 9.17) is 0 Å². The molecular formula is C13H21N5. The predicted molar refractivity (Wildman–Crippen MR) is 71.1 cm³/mol. The van der Waals surface area contributed by atoms with Gasteiger partial charge in [-0.15, -0.1) is 0 Å². The van der Waals surface area contributed by atoms with Gasteiger partial charge in [-0.25, -0.2) is 0 Å². The zero-order chi connectivity index (χ0) is 13.3. The second kappa shape index (κ2) is 4.94. The monoisotopic (exact) mass is 247 g/mol. The molecule has 1 unspecified atom stereocenters. The van der Waals surface area contributed by atoms with Gasteiger partial charge in [-0.05, 0) is 26.8 Å². The van der Waals surface area contributed by atoms with Gasteiger partial charge in [-0.2, -0.15) is 10.2 Å². The molecule has 0 saturated heterocycles. The van der Waals surface area contributed by atoms with E-state index in [0.29, 0.717) is 0 Å². The molecule has 0 aliphatic heterocycles. The van der Waals surface area contributed by atoms with Crippen LogP contribution in [-0.2, 0) is 20.6 Å². The Kier molecular flexibility index (Phi) is 3.52. The van der Waals surface area contributed by atoms with Crippen LogP contribution in [0.2, 0.25) is 0 Å². The maximum Gasteiger partial charge on any atom is 0.0644 e. The standard InChI is InChI=1S/C13H21N5/c1-9(13-10(2)16-17(4)11(13)3)14-8-12-6-7-15-18(12)5/h6-7,9,14H,8H2,1-5H3. The molecule has 0 bridgehead atoms. The topological polar surface area (TPSA) is 47.7 Å². The van der Waals surface area contributed by atoms with E-state index in [-0.39, 0.29) is 6.04 Å². The summed E-state index contributed by atoms with van der Waals surface area (Å²) in [6, 6.07) is 2.32. The van der Waals surface area contributed by atoms with Crippen molar-refractivity contribution in [2.24, 2.45) is 14.1 Å². The molecule has 5 heteroatoms. The summed E-state index contributed by atoms with van der Waals surface area (Å²) in [5.74, 6) is 0. The summed E-state index contributed by atoms with van der Waals surface area (Å²) >= 11 is 0. The van der Waals surface area contributed by atoms with Crippen LogP contribution in [0.4, 0.5) is 0 Å². The van der Waals surface area contributed by atoms with Crippen molar-refractivity contribution in [2.45, 2.75) is 33.4 Å². The van der Waals surface area contributed by atoms with Crippen molar-refractivity contribution in [1.29, 1.82) is 0 Å². The summed E-state index contributed by atoms with van der Waals surface area (Å²) in [6.07, 6.45) is 1.82. The highest BCUT2D eigenvalue weighted by atomic mass is 15.3. The Morgan fingerprint density at radius 1 is 1.28 bits per heavy atom. The van der Waals surface area contributed by atoms with Gasteiger partial charge in [0.05, 0.1) is 11.4 Å². The van der Waals surface area contributed by atoms with Crippen LogP contribution >= 0.6 is 0 Å². The van der Waals surface area contributed by atoms with Gasteiger partial charge in [-0.1, -0.05) is 0 Å². The molecule has 1 atom stereocenters. The van der Waals surface area contributed by atoms with E-state index < -0.39 is 0 Å². The maximum atomic E-state index is 4.45. The number of nitrogens with one attached hydrogen (secondary N) is 1. The molecule has 0 radical (unpaired) electrons. The fraction of sp³-hybridized carbons (Fsp3) is 0.538. The molecular weight excluding hydrogens is 226 g/mol. The Balaban J connectivity index is 2.08. The number of aromatic nitrogens is 4. The average molecular weight is 247 g/mol. The summed E-state index contributed by atoms with van der Waals surface area (Å²) in [6.45, 7) is 7.15. The molecule has 0 aromatic carbocycles. The Morgan fingerprint density at radius 3 is 2.50 bits per heavy atom. The van der Waals surface area contributed by atoms with Crippen LogP contribution in [-0.4, -0.2) is 19.6 Å². The first kappa shape index (κ1) is 12.8. The van der Waals surface area contributed by atoms with Crippen LogP contribution < -0.4 is 5.32 Å². The molecule has 0 saturated carbocycles. The van der Waals surface area contributed by atoms with Crippen LogP contribution in [0.15, 0.2) is 12.3 Å². The molecule has 1 N–H and O–H groups in total. The van der Waals surface area contributed by atoms with Gasteiger partial charge >= 0.3 is 0 Å². The fourth-order valence-corrected chi connectivity index (χ4v) is 2.35. The minimum absolute atomic E-state index is 0.286. The van der Waals surface area contributed by atoms with Crippen molar-refractivity contribution in [1.82, 2.24) is 24.9 Å². The lowest BCUT2D eigenvalue weighted by Gasteiger charge is -2.14. The lowest BCUT2D eigenvalue weighted by atomic mass is 10.1. The third-order valence-electron chi connectivity index (χ3n) is 3.51. The highest BCUT2D eigenvalue weighted by Crippen LogP contribution is 2.20. The van der Waals surface area contributed by atoms with Gasteiger partial charge < -0.3 is 5.32 Å². The van der Waals surface area contributed by atoms with Gasteiger partial charge in [0, 0.05) is 44.1 Å². The zero-order valence-corrected chi connectivity index (χ0v) is 11.7. The zero-order valence-electron chi connectivity index (χ0n) is 11.7. The minimum Gasteiger partial charge on any atom is -0.304 e. The molecule has 0 aliphatic rings. The Labute approximate surface area is 108 Å². The van der Waals surface area contributed by atoms with Crippen molar-refractivity contribution in [3.8, 4) is 0 Å². The lowest BCUT2D eigenvalue weighted by Crippen LogP contribution is -2.20. The minimum atomic E-state index is 0.286. The Morgan fingerprint density at radius 2 is 2.00 bits per heavy atom. The van der Waals surface area contributed by atoms with Crippen LogP contribution in [0.3, 0.4) is 0 Å². The summed E-state index contributed by atoms with van der Waals surface area (Å²) in [7, 11) is 3.95. The van der Waals surface area contributed by atoms with Crippen molar-refractivity contribution in [2.75, 3.05) is 0 Å². The van der Waals surface area contributed by atoms with Crippen LogP contribution in [0, 0.1) is 13.8 Å². The summed E-state index contributed by atoms with van der Waals surface area (Å²) in [4.78, 5) is 0. The molecule has 5 nitrogen and oxygen atoms in total. The van der Waals surface area contributed by atoms with Crippen LogP contribution in [0.25, 0.3) is 0 Å². The van der Waals surface area contributed by atoms with Crippen molar-refractivity contribution < 1.29 is 0 Å². The first-order chi connectivity index (χ1) is 8.50. The van der Waals surface area contributed by atoms with E-state index in [1.807, 2.05) is 35.7 Å². The van der Waals surface area contributed by atoms with Gasteiger partial charge in [0.25, 0.3) is 0 Å². The summed E-state index contributed by atoms with van der Waals surface area (Å²) in [5, 5.41) is 12.1. The normalized spacial score (nSPS) is 12.9. The number of hydrogen-bond donors (Lipinski definition) is 1. The van der Waals surface area contributed by atoms with E-state index >= 15 is 0 Å². The quantitative estimate of drug-likeness (QED) is 0.893. The molecule has 0 amide bonds. The first-order valence-electron chi connectivity index (χ1n) is 6.21. The fourth-order valence-electron chi connectivity index (χ4n) is 2.35. The van der Waals surface area contributed by atoms with Gasteiger partial charge in [0.2, 0.25) is 0 Å². The second-order valence-electron chi connectivity index (χ2n) is 4.76. The van der Waals surface area contributed by atoms with E-state index in [1.54, 1.807) is 0 Å². The van der Waals surface area contributed by atoms with Gasteiger partial charge in [-0.3, -0.25) is 9.36 Å². The lowest BCUT2D eigenvalue weighted by molar-refractivity contribution is 0.544. The molecule has 0 aliphatic carbocycles. The van der Waals surface area contributed by atoms with Crippen LogP contribution in [0.5, 0.6) is 0 Å². The number of nitrogens with zero attached hydrogens (tertiary/aromatic N) is 4. The van der Waals surface area contributed by atoms with E-state index in [1.165, 1.54) is 17.0 Å². The maximum absolute atomic E-state index is 4.45. The van der Waals surface area contributed by atoms with Crippen molar-refractivity contribution in [3.63, 3.8) is 0 Å². The van der Waals surface area contributed by atoms with E-state index in [2.05, 4.69) is 36.3 Å². The average Bonchev–Trinajstić information content (AvgIpc) is 2.81.